The monoisotopic (exact) mass is 448 g/mol. The minimum atomic E-state index is -1.02. The Labute approximate surface area is 167 Å². The lowest BCUT2D eigenvalue weighted by Crippen LogP contribution is -2.54. The van der Waals surface area contributed by atoms with Crippen LogP contribution in [0.2, 0.25) is 0 Å². The molecule has 2 aromatic carbocycles. The van der Waals surface area contributed by atoms with Gasteiger partial charge in [-0.3, -0.25) is 14.9 Å². The third-order valence-electron chi connectivity index (χ3n) is 3.96. The summed E-state index contributed by atoms with van der Waals surface area (Å²) in [5.41, 5.74) is -0.148. The molecule has 1 fully saturated rings. The van der Waals surface area contributed by atoms with Gasteiger partial charge in [-0.05, 0) is 51.8 Å². The molecular formula is C19H14BrFN2O5. The minimum absolute atomic E-state index is 0.253. The molecular weight excluding hydrogens is 435 g/mol. The summed E-state index contributed by atoms with van der Waals surface area (Å²) in [4.78, 5) is 37.8. The smallest absolute Gasteiger partial charge is 0.336 e. The van der Waals surface area contributed by atoms with Crippen molar-refractivity contribution in [3.05, 3.63) is 57.8 Å². The van der Waals surface area contributed by atoms with Crippen molar-refractivity contribution in [2.24, 2.45) is 0 Å². The van der Waals surface area contributed by atoms with E-state index in [9.17, 15) is 18.8 Å². The summed E-state index contributed by atoms with van der Waals surface area (Å²) < 4.78 is 25.1. The van der Waals surface area contributed by atoms with E-state index in [1.54, 1.807) is 12.1 Å². The van der Waals surface area contributed by atoms with Gasteiger partial charge >= 0.3 is 6.03 Å². The van der Waals surface area contributed by atoms with Crippen LogP contribution in [0, 0.1) is 5.82 Å². The van der Waals surface area contributed by atoms with Crippen LogP contribution in [0.3, 0.4) is 0 Å². The number of methoxy groups -OCH3 is 2. The lowest BCUT2D eigenvalue weighted by Gasteiger charge is -2.26. The molecule has 0 saturated carbocycles. The van der Waals surface area contributed by atoms with Gasteiger partial charge in [0, 0.05) is 0 Å². The van der Waals surface area contributed by atoms with E-state index in [2.05, 4.69) is 15.9 Å². The standard InChI is InChI=1S/C19H14BrFN2O5/c1-27-15-9-10(8-12(20)16(15)28-2)7-11-17(24)22-19(26)23(18(11)25)14-6-4-3-5-13(14)21/h3-9H,1-2H3,(H,22,24,26)/b11-7+. The van der Waals surface area contributed by atoms with Crippen molar-refractivity contribution < 1.29 is 28.2 Å². The summed E-state index contributed by atoms with van der Waals surface area (Å²) in [5.74, 6) is -1.78. The highest BCUT2D eigenvalue weighted by Crippen LogP contribution is 2.37. The number of rotatable bonds is 4. The summed E-state index contributed by atoms with van der Waals surface area (Å²) >= 11 is 3.33. The molecule has 2 aromatic rings. The topological polar surface area (TPSA) is 84.9 Å². The summed E-state index contributed by atoms with van der Waals surface area (Å²) in [6, 6.07) is 7.43. The maximum Gasteiger partial charge on any atom is 0.336 e. The zero-order valence-electron chi connectivity index (χ0n) is 14.8. The van der Waals surface area contributed by atoms with Crippen molar-refractivity contribution in [1.82, 2.24) is 5.32 Å². The number of urea groups is 1. The number of nitrogens with one attached hydrogen (secondary N) is 1. The number of hydrogen-bond acceptors (Lipinski definition) is 5. The molecule has 0 radical (unpaired) electrons. The summed E-state index contributed by atoms with van der Waals surface area (Å²) in [5, 5.41) is 2.05. The Morgan fingerprint density at radius 3 is 2.46 bits per heavy atom. The zero-order chi connectivity index (χ0) is 20.4. The molecule has 4 amide bonds. The Bertz CT molecular complexity index is 1020. The third kappa shape index (κ3) is 3.48. The lowest BCUT2D eigenvalue weighted by atomic mass is 10.1. The molecule has 1 saturated heterocycles. The molecule has 0 aliphatic carbocycles. The lowest BCUT2D eigenvalue weighted by molar-refractivity contribution is -0.122. The molecule has 1 N–H and O–H groups in total. The number of nitrogens with zero attached hydrogens (tertiary/aromatic N) is 1. The van der Waals surface area contributed by atoms with E-state index in [0.717, 1.165) is 6.07 Å². The molecule has 7 nitrogen and oxygen atoms in total. The van der Waals surface area contributed by atoms with Crippen LogP contribution in [0.25, 0.3) is 6.08 Å². The van der Waals surface area contributed by atoms with E-state index in [1.807, 2.05) is 5.32 Å². The molecule has 1 heterocycles. The van der Waals surface area contributed by atoms with Crippen molar-refractivity contribution in [2.75, 3.05) is 19.1 Å². The van der Waals surface area contributed by atoms with Gasteiger partial charge in [-0.25, -0.2) is 14.1 Å². The second-order valence-corrected chi connectivity index (χ2v) is 6.50. The van der Waals surface area contributed by atoms with E-state index >= 15 is 0 Å². The largest absolute Gasteiger partial charge is 0.493 e. The van der Waals surface area contributed by atoms with Crippen LogP contribution in [-0.2, 0) is 9.59 Å². The average Bonchev–Trinajstić information content (AvgIpc) is 2.66. The molecule has 9 heteroatoms. The molecule has 0 unspecified atom stereocenters. The van der Waals surface area contributed by atoms with Crippen LogP contribution in [0.5, 0.6) is 11.5 Å². The third-order valence-corrected chi connectivity index (χ3v) is 4.55. The first-order chi connectivity index (χ1) is 13.4. The number of barbiturate groups is 1. The fourth-order valence-corrected chi connectivity index (χ4v) is 3.32. The Morgan fingerprint density at radius 1 is 1.11 bits per heavy atom. The summed E-state index contributed by atoms with van der Waals surface area (Å²) in [7, 11) is 2.91. The van der Waals surface area contributed by atoms with E-state index in [-0.39, 0.29) is 11.3 Å². The van der Waals surface area contributed by atoms with E-state index in [1.165, 1.54) is 38.5 Å². The van der Waals surface area contributed by atoms with Crippen LogP contribution >= 0.6 is 15.9 Å². The zero-order valence-corrected chi connectivity index (χ0v) is 16.4. The SMILES string of the molecule is COc1cc(/C=C2\C(=O)NC(=O)N(c3ccccc3F)C2=O)cc(Br)c1OC. The molecule has 1 aliphatic heterocycles. The maximum absolute atomic E-state index is 14.1. The van der Waals surface area contributed by atoms with Crippen LogP contribution in [0.15, 0.2) is 46.4 Å². The Kier molecular flexibility index (Phi) is 5.46. The quantitative estimate of drug-likeness (QED) is 0.572. The number of ether oxygens (including phenoxy) is 2. The second kappa shape index (κ2) is 7.81. The highest BCUT2D eigenvalue weighted by atomic mass is 79.9. The number of hydrogen-bond donors (Lipinski definition) is 1. The predicted molar refractivity (Wildman–Crippen MR) is 103 cm³/mol. The molecule has 28 heavy (non-hydrogen) atoms. The first-order valence-electron chi connectivity index (χ1n) is 7.95. The molecule has 0 aromatic heterocycles. The van der Waals surface area contributed by atoms with Crippen molar-refractivity contribution in [1.29, 1.82) is 0 Å². The van der Waals surface area contributed by atoms with Gasteiger partial charge in [-0.15, -0.1) is 0 Å². The number of imide groups is 2. The van der Waals surface area contributed by atoms with Gasteiger partial charge in [-0.2, -0.15) is 0 Å². The van der Waals surface area contributed by atoms with Gasteiger partial charge in [0.2, 0.25) is 0 Å². The number of para-hydroxylation sites is 1. The molecule has 0 spiro atoms. The van der Waals surface area contributed by atoms with Crippen molar-refractivity contribution in [3.8, 4) is 11.5 Å². The molecule has 1 aliphatic rings. The highest BCUT2D eigenvalue weighted by Gasteiger charge is 2.38. The van der Waals surface area contributed by atoms with Gasteiger partial charge in [0.1, 0.15) is 11.4 Å². The van der Waals surface area contributed by atoms with Crippen molar-refractivity contribution in [2.45, 2.75) is 0 Å². The van der Waals surface area contributed by atoms with Crippen molar-refractivity contribution in [3.63, 3.8) is 0 Å². The molecule has 144 valence electrons. The van der Waals surface area contributed by atoms with Gasteiger partial charge in [0.25, 0.3) is 11.8 Å². The molecule has 0 bridgehead atoms. The first kappa shape index (κ1) is 19.6. The fraction of sp³-hybridized carbons (Fsp3) is 0.105. The van der Waals surface area contributed by atoms with Crippen LogP contribution in [0.4, 0.5) is 14.9 Å². The van der Waals surface area contributed by atoms with Crippen molar-refractivity contribution >= 4 is 45.5 Å². The Hall–Kier alpha value is -3.20. The summed E-state index contributed by atoms with van der Waals surface area (Å²) in [6.45, 7) is 0. The average molecular weight is 449 g/mol. The van der Waals surface area contributed by atoms with Crippen LogP contribution < -0.4 is 19.7 Å². The number of anilines is 1. The molecule has 0 atom stereocenters. The molecule has 3 rings (SSSR count). The number of carbonyl (C=O) groups excluding carboxylic acids is 3. The fourth-order valence-electron chi connectivity index (χ4n) is 2.70. The van der Waals surface area contributed by atoms with E-state index in [4.69, 9.17) is 9.47 Å². The van der Waals surface area contributed by atoms with Gasteiger partial charge < -0.3 is 9.47 Å². The number of amides is 4. The first-order valence-corrected chi connectivity index (χ1v) is 8.74. The normalized spacial score (nSPS) is 15.6. The van der Waals surface area contributed by atoms with Crippen LogP contribution in [0.1, 0.15) is 5.56 Å². The second-order valence-electron chi connectivity index (χ2n) is 5.65. The maximum atomic E-state index is 14.1. The van der Waals surface area contributed by atoms with Gasteiger partial charge in [0.05, 0.1) is 24.4 Å². The Morgan fingerprint density at radius 2 is 1.82 bits per heavy atom. The number of halogens is 2. The van der Waals surface area contributed by atoms with Crippen LogP contribution in [-0.4, -0.2) is 32.1 Å². The minimum Gasteiger partial charge on any atom is -0.493 e. The predicted octanol–water partition coefficient (Wildman–Crippen LogP) is 3.27. The van der Waals surface area contributed by atoms with E-state index < -0.39 is 23.7 Å². The Balaban J connectivity index is 2.07. The summed E-state index contributed by atoms with van der Waals surface area (Å²) in [6.07, 6.45) is 1.28. The number of benzene rings is 2. The number of carbonyl (C=O) groups is 3. The van der Waals surface area contributed by atoms with Gasteiger partial charge in [0.15, 0.2) is 11.5 Å². The van der Waals surface area contributed by atoms with E-state index in [0.29, 0.717) is 26.4 Å². The highest BCUT2D eigenvalue weighted by molar-refractivity contribution is 9.10. The van der Waals surface area contributed by atoms with Gasteiger partial charge in [-0.1, -0.05) is 12.1 Å².